The molecule has 1 spiro atoms. The number of carbonyl (C=O) groups excluding carboxylic acids is 2. The number of ether oxygens (including phenoxy) is 2. The monoisotopic (exact) mass is 398 g/mol. The number of nitrogens with one attached hydrogen (secondary N) is 1. The van der Waals surface area contributed by atoms with Crippen molar-refractivity contribution >= 4 is 11.7 Å². The Morgan fingerprint density at radius 2 is 2.14 bits per heavy atom. The maximum atomic E-state index is 13.7. The first kappa shape index (κ1) is 19.4. The average Bonchev–Trinajstić information content (AvgIpc) is 3.07. The largest absolute Gasteiger partial charge is 0.496 e. The molecule has 1 N–H and O–H groups in total. The zero-order chi connectivity index (χ0) is 20.6. The van der Waals surface area contributed by atoms with Crippen LogP contribution >= 0.6 is 0 Å². The van der Waals surface area contributed by atoms with Gasteiger partial charge in [0.25, 0.3) is 0 Å². The second kappa shape index (κ2) is 7.48. The molecule has 2 atom stereocenters. The second-order valence-electron chi connectivity index (χ2n) is 7.69. The van der Waals surface area contributed by atoms with Crippen LogP contribution in [0.2, 0.25) is 0 Å². The van der Waals surface area contributed by atoms with Gasteiger partial charge in [0.2, 0.25) is 5.91 Å². The van der Waals surface area contributed by atoms with Crippen LogP contribution in [0.4, 0.5) is 4.39 Å². The van der Waals surface area contributed by atoms with E-state index in [0.717, 1.165) is 5.56 Å². The Bertz CT molecular complexity index is 964. The molecular formula is C22H23FN2O4. The standard InChI is InChI=1S/C22H23FN2O4/c1-25-11-17(21(27)24-10-14-5-3-4-6-18(14)28-2)22(12-25)13-29-19-8-7-15(23)9-16(19)20(22)26/h3-9,17H,10-13H2,1-2H3,(H,24,27)/t17-,22-/m0/s1. The molecule has 2 aromatic rings. The minimum atomic E-state index is -1.03. The van der Waals surface area contributed by atoms with Crippen molar-refractivity contribution in [2.24, 2.45) is 11.3 Å². The van der Waals surface area contributed by atoms with E-state index in [-0.39, 0.29) is 23.9 Å². The van der Waals surface area contributed by atoms with Crippen molar-refractivity contribution < 1.29 is 23.5 Å². The quantitative estimate of drug-likeness (QED) is 0.856. The number of ketones is 1. The first-order valence-electron chi connectivity index (χ1n) is 9.50. The average molecular weight is 398 g/mol. The van der Waals surface area contributed by atoms with E-state index in [0.29, 0.717) is 31.1 Å². The molecule has 2 aliphatic rings. The fourth-order valence-electron chi connectivity index (χ4n) is 4.35. The Morgan fingerprint density at radius 1 is 1.34 bits per heavy atom. The van der Waals surface area contributed by atoms with Gasteiger partial charge in [-0.2, -0.15) is 0 Å². The van der Waals surface area contributed by atoms with E-state index in [1.807, 2.05) is 36.2 Å². The fourth-order valence-corrected chi connectivity index (χ4v) is 4.35. The van der Waals surface area contributed by atoms with Gasteiger partial charge in [-0.05, 0) is 31.3 Å². The Morgan fingerprint density at radius 3 is 2.93 bits per heavy atom. The zero-order valence-corrected chi connectivity index (χ0v) is 16.4. The summed E-state index contributed by atoms with van der Waals surface area (Å²) < 4.78 is 24.9. The first-order chi connectivity index (χ1) is 13.9. The van der Waals surface area contributed by atoms with Gasteiger partial charge in [-0.25, -0.2) is 4.39 Å². The summed E-state index contributed by atoms with van der Waals surface area (Å²) in [6, 6.07) is 11.4. The maximum absolute atomic E-state index is 13.7. The van der Waals surface area contributed by atoms with Crippen molar-refractivity contribution in [3.05, 3.63) is 59.4 Å². The van der Waals surface area contributed by atoms with Crippen LogP contribution in [-0.2, 0) is 11.3 Å². The van der Waals surface area contributed by atoms with Crippen LogP contribution in [0.3, 0.4) is 0 Å². The minimum absolute atomic E-state index is 0.0988. The molecule has 6 nitrogen and oxygen atoms in total. The number of para-hydroxylation sites is 1. The number of fused-ring (bicyclic) bond motifs is 1. The third-order valence-electron chi connectivity index (χ3n) is 5.80. The number of halogens is 1. The molecule has 0 bridgehead atoms. The highest BCUT2D eigenvalue weighted by molar-refractivity contribution is 6.06. The first-order valence-corrected chi connectivity index (χ1v) is 9.50. The third kappa shape index (κ3) is 3.35. The molecule has 0 aromatic heterocycles. The van der Waals surface area contributed by atoms with Crippen molar-refractivity contribution in [3.63, 3.8) is 0 Å². The molecule has 29 heavy (non-hydrogen) atoms. The van der Waals surface area contributed by atoms with Crippen molar-refractivity contribution in [2.45, 2.75) is 6.54 Å². The van der Waals surface area contributed by atoms with Gasteiger partial charge in [0.05, 0.1) is 24.0 Å². The van der Waals surface area contributed by atoms with Crippen molar-refractivity contribution in [1.82, 2.24) is 10.2 Å². The molecule has 2 aliphatic heterocycles. The molecule has 2 heterocycles. The number of benzene rings is 2. The molecular weight excluding hydrogens is 375 g/mol. The lowest BCUT2D eigenvalue weighted by Gasteiger charge is -2.36. The molecule has 152 valence electrons. The molecule has 2 aromatic carbocycles. The van der Waals surface area contributed by atoms with Gasteiger partial charge in [-0.15, -0.1) is 0 Å². The normalized spacial score (nSPS) is 23.6. The topological polar surface area (TPSA) is 67.9 Å². The lowest BCUT2D eigenvalue weighted by atomic mass is 9.71. The number of Topliss-reactive ketones (excluding diaryl/α,β-unsaturated/α-hetero) is 1. The van der Waals surface area contributed by atoms with Crippen LogP contribution in [0.25, 0.3) is 0 Å². The summed E-state index contributed by atoms with van der Waals surface area (Å²) in [6.07, 6.45) is 0. The molecule has 1 fully saturated rings. The molecule has 0 saturated carbocycles. The molecule has 1 saturated heterocycles. The molecule has 7 heteroatoms. The van der Waals surface area contributed by atoms with Gasteiger partial charge in [0, 0.05) is 25.2 Å². The lowest BCUT2D eigenvalue weighted by molar-refractivity contribution is -0.127. The smallest absolute Gasteiger partial charge is 0.225 e. The fraction of sp³-hybridized carbons (Fsp3) is 0.364. The van der Waals surface area contributed by atoms with Gasteiger partial charge in [0.15, 0.2) is 5.78 Å². The van der Waals surface area contributed by atoms with Crippen molar-refractivity contribution in [1.29, 1.82) is 0 Å². The summed E-state index contributed by atoms with van der Waals surface area (Å²) in [6.45, 7) is 1.20. The van der Waals surface area contributed by atoms with Gasteiger partial charge in [0.1, 0.15) is 23.9 Å². The van der Waals surface area contributed by atoms with Crippen molar-refractivity contribution in [2.75, 3.05) is 33.9 Å². The van der Waals surface area contributed by atoms with Gasteiger partial charge < -0.3 is 19.7 Å². The van der Waals surface area contributed by atoms with E-state index in [4.69, 9.17) is 9.47 Å². The second-order valence-corrected chi connectivity index (χ2v) is 7.69. The molecule has 4 rings (SSSR count). The predicted molar refractivity (Wildman–Crippen MR) is 104 cm³/mol. The van der Waals surface area contributed by atoms with Crippen molar-refractivity contribution in [3.8, 4) is 11.5 Å². The predicted octanol–water partition coefficient (Wildman–Crippen LogP) is 2.27. The summed E-state index contributed by atoms with van der Waals surface area (Å²) in [5, 5.41) is 2.94. The van der Waals surface area contributed by atoms with E-state index in [9.17, 15) is 14.0 Å². The molecule has 1 amide bonds. The number of methoxy groups -OCH3 is 1. The molecule has 0 unspecified atom stereocenters. The number of rotatable bonds is 4. The highest BCUT2D eigenvalue weighted by Gasteiger charge is 2.57. The summed E-state index contributed by atoms with van der Waals surface area (Å²) in [5.41, 5.74) is 0.0249. The Labute approximate surface area is 168 Å². The van der Waals surface area contributed by atoms with Crippen LogP contribution in [0.1, 0.15) is 15.9 Å². The van der Waals surface area contributed by atoms with Crippen LogP contribution in [0.5, 0.6) is 11.5 Å². The van der Waals surface area contributed by atoms with Gasteiger partial charge in [-0.1, -0.05) is 18.2 Å². The van der Waals surface area contributed by atoms with Crippen LogP contribution in [0.15, 0.2) is 42.5 Å². The highest BCUT2D eigenvalue weighted by atomic mass is 19.1. The Balaban J connectivity index is 1.58. The Hall–Kier alpha value is -2.93. The lowest BCUT2D eigenvalue weighted by Crippen LogP contribution is -2.51. The summed E-state index contributed by atoms with van der Waals surface area (Å²) in [7, 11) is 3.44. The van der Waals surface area contributed by atoms with Gasteiger partial charge in [-0.3, -0.25) is 9.59 Å². The Kier molecular flexibility index (Phi) is 5.00. The van der Waals surface area contributed by atoms with Crippen LogP contribution in [0, 0.1) is 17.2 Å². The van der Waals surface area contributed by atoms with E-state index in [2.05, 4.69) is 5.32 Å². The number of amides is 1. The highest BCUT2D eigenvalue weighted by Crippen LogP contribution is 2.44. The summed E-state index contributed by atoms with van der Waals surface area (Å²) >= 11 is 0. The number of likely N-dealkylation sites (tertiary alicyclic amines) is 1. The number of nitrogens with zero attached hydrogens (tertiary/aromatic N) is 1. The maximum Gasteiger partial charge on any atom is 0.225 e. The minimum Gasteiger partial charge on any atom is -0.496 e. The van der Waals surface area contributed by atoms with E-state index in [1.165, 1.54) is 18.2 Å². The third-order valence-corrected chi connectivity index (χ3v) is 5.80. The molecule has 0 aliphatic carbocycles. The summed E-state index contributed by atoms with van der Waals surface area (Å²) in [4.78, 5) is 28.4. The number of hydrogen-bond acceptors (Lipinski definition) is 5. The zero-order valence-electron chi connectivity index (χ0n) is 16.4. The van der Waals surface area contributed by atoms with Crippen LogP contribution in [-0.4, -0.2) is 50.4 Å². The van der Waals surface area contributed by atoms with Crippen LogP contribution < -0.4 is 14.8 Å². The van der Waals surface area contributed by atoms with Gasteiger partial charge >= 0.3 is 0 Å². The number of carbonyl (C=O) groups is 2. The molecule has 0 radical (unpaired) electrons. The number of hydrogen-bond donors (Lipinski definition) is 1. The van der Waals surface area contributed by atoms with E-state index < -0.39 is 17.2 Å². The summed E-state index contributed by atoms with van der Waals surface area (Å²) in [5.74, 6) is -0.498. The SMILES string of the molecule is COc1ccccc1CNC(=O)[C@@H]1CN(C)C[C@]12COc1ccc(F)cc1C2=O. The van der Waals surface area contributed by atoms with E-state index in [1.54, 1.807) is 7.11 Å². The van der Waals surface area contributed by atoms with E-state index >= 15 is 0 Å².